The highest BCUT2D eigenvalue weighted by Crippen LogP contribution is 2.34. The Bertz CT molecular complexity index is 404. The number of carbonyl (C=O) groups is 1. The Morgan fingerprint density at radius 1 is 1.31 bits per heavy atom. The van der Waals surface area contributed by atoms with E-state index in [1.54, 1.807) is 6.07 Å². The second kappa shape index (κ2) is 4.60. The van der Waals surface area contributed by atoms with Crippen molar-refractivity contribution in [1.29, 1.82) is 0 Å². The first kappa shape index (κ1) is 11.0. The van der Waals surface area contributed by atoms with Crippen LogP contribution < -0.4 is 0 Å². The van der Waals surface area contributed by atoms with Gasteiger partial charge in [-0.05, 0) is 31.4 Å². The zero-order valence-corrected chi connectivity index (χ0v) is 8.71. The molecule has 4 heteroatoms. The van der Waals surface area contributed by atoms with Crippen LogP contribution in [0.25, 0.3) is 0 Å². The predicted molar refractivity (Wildman–Crippen MR) is 54.4 cm³/mol. The molecule has 0 saturated heterocycles. The van der Waals surface area contributed by atoms with Crippen molar-refractivity contribution < 1.29 is 18.3 Å². The van der Waals surface area contributed by atoms with E-state index < -0.39 is 11.8 Å². The van der Waals surface area contributed by atoms with Gasteiger partial charge in [0.2, 0.25) is 0 Å². The summed E-state index contributed by atoms with van der Waals surface area (Å²) in [5.41, 5.74) is 1.01. The Balaban J connectivity index is 2.13. The fourth-order valence-corrected chi connectivity index (χ4v) is 1.88. The van der Waals surface area contributed by atoms with E-state index in [0.29, 0.717) is 30.4 Å². The molecular formula is C12H12F2O2. The van der Waals surface area contributed by atoms with Gasteiger partial charge in [-0.1, -0.05) is 6.07 Å². The number of esters is 1. The molecule has 2 nitrogen and oxygen atoms in total. The first-order valence-corrected chi connectivity index (χ1v) is 5.29. The van der Waals surface area contributed by atoms with Gasteiger partial charge < -0.3 is 4.74 Å². The molecule has 1 aromatic rings. The van der Waals surface area contributed by atoms with E-state index in [9.17, 15) is 13.6 Å². The van der Waals surface area contributed by atoms with Crippen molar-refractivity contribution in [2.45, 2.75) is 25.4 Å². The number of hydrogen-bond donors (Lipinski definition) is 0. The van der Waals surface area contributed by atoms with Crippen molar-refractivity contribution in [3.05, 3.63) is 35.1 Å². The van der Waals surface area contributed by atoms with Crippen molar-refractivity contribution in [1.82, 2.24) is 0 Å². The highest BCUT2D eigenvalue weighted by molar-refractivity contribution is 5.94. The summed E-state index contributed by atoms with van der Waals surface area (Å²) in [5.74, 6) is -0.931. The number of cyclic esters (lactones) is 1. The summed E-state index contributed by atoms with van der Waals surface area (Å²) < 4.78 is 30.0. The van der Waals surface area contributed by atoms with E-state index in [2.05, 4.69) is 0 Å². The van der Waals surface area contributed by atoms with Crippen LogP contribution in [0.1, 0.15) is 41.3 Å². The van der Waals surface area contributed by atoms with Crippen LogP contribution in [0.5, 0.6) is 0 Å². The van der Waals surface area contributed by atoms with Gasteiger partial charge in [0.15, 0.2) is 0 Å². The van der Waals surface area contributed by atoms with Gasteiger partial charge in [-0.2, -0.15) is 0 Å². The molecule has 86 valence electrons. The maximum absolute atomic E-state index is 12.9. The lowest BCUT2D eigenvalue weighted by Crippen LogP contribution is -1.98. The van der Waals surface area contributed by atoms with Crippen molar-refractivity contribution in [3.8, 4) is 0 Å². The molecule has 0 fully saturated rings. The van der Waals surface area contributed by atoms with Gasteiger partial charge in [-0.3, -0.25) is 4.39 Å². The minimum Gasteiger partial charge on any atom is -0.454 e. The fraction of sp³-hybridized carbons (Fsp3) is 0.417. The molecule has 0 radical (unpaired) electrons. The molecule has 1 unspecified atom stereocenters. The predicted octanol–water partition coefficient (Wildman–Crippen LogP) is 3.18. The smallest absolute Gasteiger partial charge is 0.339 e. The molecule has 16 heavy (non-hydrogen) atoms. The molecule has 0 bridgehead atoms. The van der Waals surface area contributed by atoms with Crippen molar-refractivity contribution in [3.63, 3.8) is 0 Å². The summed E-state index contributed by atoms with van der Waals surface area (Å²) in [6.45, 7) is -0.364. The first-order valence-electron chi connectivity index (χ1n) is 5.29. The molecule has 1 aliphatic rings. The van der Waals surface area contributed by atoms with E-state index in [1.165, 1.54) is 12.1 Å². The fourth-order valence-electron chi connectivity index (χ4n) is 1.88. The number of hydrogen-bond acceptors (Lipinski definition) is 2. The van der Waals surface area contributed by atoms with Crippen LogP contribution in [0.15, 0.2) is 18.2 Å². The molecular weight excluding hydrogens is 214 g/mol. The molecule has 0 amide bonds. The molecule has 1 atom stereocenters. The van der Waals surface area contributed by atoms with Gasteiger partial charge in [0, 0.05) is 5.56 Å². The molecule has 0 aliphatic carbocycles. The Morgan fingerprint density at radius 2 is 2.12 bits per heavy atom. The average molecular weight is 226 g/mol. The van der Waals surface area contributed by atoms with Crippen LogP contribution in [-0.4, -0.2) is 12.6 Å². The third-order valence-corrected chi connectivity index (χ3v) is 2.68. The number of benzene rings is 1. The molecule has 0 spiro atoms. The number of ether oxygens (including phenoxy) is 1. The van der Waals surface area contributed by atoms with Crippen molar-refractivity contribution >= 4 is 5.97 Å². The Labute approximate surface area is 92.2 Å². The van der Waals surface area contributed by atoms with Gasteiger partial charge in [0.1, 0.15) is 11.9 Å². The van der Waals surface area contributed by atoms with E-state index >= 15 is 0 Å². The van der Waals surface area contributed by atoms with Gasteiger partial charge in [0.05, 0.1) is 12.2 Å². The molecule has 1 aromatic carbocycles. The third kappa shape index (κ3) is 2.05. The molecule has 0 N–H and O–H groups in total. The standard InChI is InChI=1S/C12H12F2O2/c13-6-2-1-3-11-9-5-4-8(14)7-10(9)12(15)16-11/h4-5,7,11H,1-3,6H2. The van der Waals surface area contributed by atoms with Gasteiger partial charge in [-0.25, -0.2) is 9.18 Å². The van der Waals surface area contributed by atoms with E-state index in [0.717, 1.165) is 0 Å². The summed E-state index contributed by atoms with van der Waals surface area (Å²) >= 11 is 0. The van der Waals surface area contributed by atoms with Crippen molar-refractivity contribution in [2.24, 2.45) is 0 Å². The Morgan fingerprint density at radius 3 is 2.88 bits per heavy atom. The monoisotopic (exact) mass is 226 g/mol. The molecule has 1 aliphatic heterocycles. The maximum atomic E-state index is 12.9. The first-order chi connectivity index (χ1) is 7.72. The van der Waals surface area contributed by atoms with Crippen LogP contribution in [-0.2, 0) is 4.74 Å². The summed E-state index contributed by atoms with van der Waals surface area (Å²) in [4.78, 5) is 11.4. The van der Waals surface area contributed by atoms with Crippen LogP contribution in [0, 0.1) is 5.82 Å². The van der Waals surface area contributed by atoms with Crippen LogP contribution in [0.3, 0.4) is 0 Å². The SMILES string of the molecule is O=C1OC(CCCCF)c2ccc(F)cc21. The molecule has 0 saturated carbocycles. The summed E-state index contributed by atoms with van der Waals surface area (Å²) in [7, 11) is 0. The normalized spacial score (nSPS) is 18.4. The molecule has 0 aromatic heterocycles. The second-order valence-electron chi connectivity index (χ2n) is 3.81. The minimum atomic E-state index is -0.486. The number of fused-ring (bicyclic) bond motifs is 1. The Hall–Kier alpha value is -1.45. The third-order valence-electron chi connectivity index (χ3n) is 2.68. The van der Waals surface area contributed by atoms with Gasteiger partial charge in [-0.15, -0.1) is 0 Å². The van der Waals surface area contributed by atoms with Crippen LogP contribution in [0.2, 0.25) is 0 Å². The number of unbranched alkanes of at least 4 members (excludes halogenated alkanes) is 1. The zero-order valence-electron chi connectivity index (χ0n) is 8.71. The number of halogens is 2. The molecule has 1 heterocycles. The quantitative estimate of drug-likeness (QED) is 0.582. The highest BCUT2D eigenvalue weighted by atomic mass is 19.1. The maximum Gasteiger partial charge on any atom is 0.339 e. The largest absolute Gasteiger partial charge is 0.454 e. The Kier molecular flexibility index (Phi) is 3.17. The summed E-state index contributed by atoms with van der Waals surface area (Å²) in [6.07, 6.45) is 1.37. The highest BCUT2D eigenvalue weighted by Gasteiger charge is 2.30. The topological polar surface area (TPSA) is 26.3 Å². The zero-order chi connectivity index (χ0) is 11.5. The molecule has 2 rings (SSSR count). The van der Waals surface area contributed by atoms with Gasteiger partial charge >= 0.3 is 5.97 Å². The van der Waals surface area contributed by atoms with Crippen molar-refractivity contribution in [2.75, 3.05) is 6.67 Å². The van der Waals surface area contributed by atoms with E-state index in [-0.39, 0.29) is 12.8 Å². The number of rotatable bonds is 4. The van der Waals surface area contributed by atoms with Crippen LogP contribution >= 0.6 is 0 Å². The lowest BCUT2D eigenvalue weighted by molar-refractivity contribution is 0.0363. The summed E-state index contributed by atoms with van der Waals surface area (Å²) in [6, 6.07) is 4.06. The lowest BCUT2D eigenvalue weighted by Gasteiger charge is -2.09. The minimum absolute atomic E-state index is 0.297. The lowest BCUT2D eigenvalue weighted by atomic mass is 10.0. The van der Waals surface area contributed by atoms with E-state index in [1.807, 2.05) is 0 Å². The van der Waals surface area contributed by atoms with Gasteiger partial charge in [0.25, 0.3) is 0 Å². The number of carbonyl (C=O) groups excluding carboxylic acids is 1. The average Bonchev–Trinajstić information content (AvgIpc) is 2.56. The number of alkyl halides is 1. The second-order valence-corrected chi connectivity index (χ2v) is 3.81. The van der Waals surface area contributed by atoms with E-state index in [4.69, 9.17) is 4.74 Å². The summed E-state index contributed by atoms with van der Waals surface area (Å²) in [5, 5.41) is 0. The van der Waals surface area contributed by atoms with Crippen LogP contribution in [0.4, 0.5) is 8.78 Å².